The zero-order valence-corrected chi connectivity index (χ0v) is 11.1. The van der Waals surface area contributed by atoms with Crippen molar-refractivity contribution in [3.8, 4) is 0 Å². The van der Waals surface area contributed by atoms with Gasteiger partial charge < -0.3 is 5.73 Å². The highest BCUT2D eigenvalue weighted by molar-refractivity contribution is 7.85. The SMILES string of the molecule is Cc1ccc2nc(N)n(C3CCS(=O)CC3)c2n1. The second kappa shape index (κ2) is 4.35. The number of hydrogen-bond donors (Lipinski definition) is 1. The zero-order chi connectivity index (χ0) is 12.7. The van der Waals surface area contributed by atoms with E-state index in [9.17, 15) is 4.21 Å². The molecule has 0 aliphatic carbocycles. The predicted octanol–water partition coefficient (Wildman–Crippen LogP) is 1.41. The summed E-state index contributed by atoms with van der Waals surface area (Å²) in [5.41, 5.74) is 8.66. The number of imidazole rings is 1. The third-order valence-electron chi connectivity index (χ3n) is 3.43. The van der Waals surface area contributed by atoms with Crippen LogP contribution in [0.1, 0.15) is 24.6 Å². The molecule has 0 aromatic carbocycles. The van der Waals surface area contributed by atoms with Crippen molar-refractivity contribution in [1.82, 2.24) is 14.5 Å². The van der Waals surface area contributed by atoms with Crippen LogP contribution in [0.2, 0.25) is 0 Å². The number of pyridine rings is 1. The highest BCUT2D eigenvalue weighted by Crippen LogP contribution is 2.28. The van der Waals surface area contributed by atoms with Crippen LogP contribution in [-0.4, -0.2) is 30.2 Å². The summed E-state index contributed by atoms with van der Waals surface area (Å²) >= 11 is 0. The number of nitrogens with zero attached hydrogens (tertiary/aromatic N) is 3. The Kier molecular flexibility index (Phi) is 2.81. The molecule has 1 aliphatic heterocycles. The molecule has 5 nitrogen and oxygen atoms in total. The summed E-state index contributed by atoms with van der Waals surface area (Å²) in [7, 11) is -0.662. The summed E-state index contributed by atoms with van der Waals surface area (Å²) in [5, 5.41) is 0. The first kappa shape index (κ1) is 11.6. The Balaban J connectivity index is 2.07. The van der Waals surface area contributed by atoms with E-state index in [1.54, 1.807) is 0 Å². The van der Waals surface area contributed by atoms with Gasteiger partial charge in [0, 0.05) is 34.0 Å². The van der Waals surface area contributed by atoms with Gasteiger partial charge >= 0.3 is 0 Å². The Hall–Kier alpha value is -1.43. The molecule has 1 aliphatic rings. The minimum Gasteiger partial charge on any atom is -0.369 e. The highest BCUT2D eigenvalue weighted by Gasteiger charge is 2.23. The molecule has 2 N–H and O–H groups in total. The number of hydrogen-bond acceptors (Lipinski definition) is 4. The van der Waals surface area contributed by atoms with Gasteiger partial charge in [-0.1, -0.05) is 0 Å². The molecule has 1 fully saturated rings. The van der Waals surface area contributed by atoms with Gasteiger partial charge in [-0.3, -0.25) is 8.78 Å². The van der Waals surface area contributed by atoms with Crippen LogP contribution >= 0.6 is 0 Å². The Morgan fingerprint density at radius 3 is 2.78 bits per heavy atom. The van der Waals surface area contributed by atoms with E-state index in [0.29, 0.717) is 5.95 Å². The molecule has 6 heteroatoms. The smallest absolute Gasteiger partial charge is 0.202 e. The minimum absolute atomic E-state index is 0.280. The number of anilines is 1. The number of aromatic nitrogens is 3. The maximum Gasteiger partial charge on any atom is 0.202 e. The number of rotatable bonds is 1. The van der Waals surface area contributed by atoms with Crippen LogP contribution in [0.15, 0.2) is 12.1 Å². The van der Waals surface area contributed by atoms with Crippen LogP contribution in [0.4, 0.5) is 5.95 Å². The van der Waals surface area contributed by atoms with Crippen LogP contribution in [0.25, 0.3) is 11.2 Å². The van der Waals surface area contributed by atoms with Gasteiger partial charge in [0.25, 0.3) is 0 Å². The third-order valence-corrected chi connectivity index (χ3v) is 4.81. The fourth-order valence-corrected chi connectivity index (χ4v) is 3.76. The van der Waals surface area contributed by atoms with Gasteiger partial charge in [0.1, 0.15) is 5.52 Å². The standard InChI is InChI=1S/C12H16N4OS/c1-8-2-3-10-11(14-8)16(12(13)15-10)9-4-6-18(17)7-5-9/h2-3,9H,4-7H2,1H3,(H2,13,15). The second-order valence-corrected chi connectivity index (χ2v) is 6.41. The first-order valence-electron chi connectivity index (χ1n) is 6.11. The Morgan fingerprint density at radius 1 is 1.33 bits per heavy atom. The predicted molar refractivity (Wildman–Crippen MR) is 72.8 cm³/mol. The van der Waals surface area contributed by atoms with Crippen LogP contribution in [0.3, 0.4) is 0 Å². The van der Waals surface area contributed by atoms with Crippen LogP contribution in [0.5, 0.6) is 0 Å². The molecule has 18 heavy (non-hydrogen) atoms. The fourth-order valence-electron chi connectivity index (χ4n) is 2.49. The summed E-state index contributed by atoms with van der Waals surface area (Å²) in [6.07, 6.45) is 1.77. The molecule has 2 aromatic rings. The largest absolute Gasteiger partial charge is 0.369 e. The molecule has 3 rings (SSSR count). The normalized spacial score (nSPS) is 24.5. The summed E-state index contributed by atoms with van der Waals surface area (Å²) < 4.78 is 13.4. The van der Waals surface area contributed by atoms with E-state index in [2.05, 4.69) is 9.97 Å². The van der Waals surface area contributed by atoms with Gasteiger partial charge in [0.05, 0.1) is 0 Å². The Labute approximate surface area is 108 Å². The van der Waals surface area contributed by atoms with Crippen LogP contribution in [-0.2, 0) is 10.8 Å². The lowest BCUT2D eigenvalue weighted by atomic mass is 10.1. The molecular weight excluding hydrogens is 248 g/mol. The van der Waals surface area contributed by atoms with E-state index < -0.39 is 10.8 Å². The van der Waals surface area contributed by atoms with E-state index in [1.807, 2.05) is 23.6 Å². The lowest BCUT2D eigenvalue weighted by molar-refractivity contribution is 0.476. The first-order chi connectivity index (χ1) is 8.65. The lowest BCUT2D eigenvalue weighted by Gasteiger charge is -2.23. The Morgan fingerprint density at radius 2 is 2.06 bits per heavy atom. The summed E-state index contributed by atoms with van der Waals surface area (Å²) in [5.74, 6) is 2.01. The van der Waals surface area contributed by atoms with E-state index in [0.717, 1.165) is 41.2 Å². The summed E-state index contributed by atoms with van der Waals surface area (Å²) in [6, 6.07) is 4.17. The summed E-state index contributed by atoms with van der Waals surface area (Å²) in [4.78, 5) is 8.89. The molecule has 3 heterocycles. The third kappa shape index (κ3) is 1.90. The maximum absolute atomic E-state index is 11.4. The van der Waals surface area contributed by atoms with Crippen molar-refractivity contribution < 1.29 is 4.21 Å². The van der Waals surface area contributed by atoms with Crippen molar-refractivity contribution in [3.63, 3.8) is 0 Å². The molecule has 0 spiro atoms. The minimum atomic E-state index is -0.662. The molecule has 2 aromatic heterocycles. The van der Waals surface area contributed by atoms with E-state index >= 15 is 0 Å². The first-order valence-corrected chi connectivity index (χ1v) is 7.60. The van der Waals surface area contributed by atoms with Gasteiger partial charge in [0.15, 0.2) is 5.65 Å². The topological polar surface area (TPSA) is 73.8 Å². The van der Waals surface area contributed by atoms with Crippen molar-refractivity contribution in [2.24, 2.45) is 0 Å². The molecular formula is C12H16N4OS. The number of nitrogen functional groups attached to an aromatic ring is 1. The lowest BCUT2D eigenvalue weighted by Crippen LogP contribution is -2.23. The molecule has 0 amide bonds. The van der Waals surface area contributed by atoms with Gasteiger partial charge in [-0.25, -0.2) is 9.97 Å². The molecule has 0 saturated carbocycles. The van der Waals surface area contributed by atoms with Crippen molar-refractivity contribution in [3.05, 3.63) is 17.8 Å². The molecule has 1 saturated heterocycles. The van der Waals surface area contributed by atoms with Crippen molar-refractivity contribution in [2.45, 2.75) is 25.8 Å². The number of nitrogens with two attached hydrogens (primary N) is 1. The molecule has 0 atom stereocenters. The van der Waals surface area contributed by atoms with Crippen molar-refractivity contribution in [1.29, 1.82) is 0 Å². The molecule has 0 radical (unpaired) electrons. The van der Waals surface area contributed by atoms with Crippen molar-refractivity contribution >= 4 is 27.9 Å². The second-order valence-electron chi connectivity index (χ2n) is 4.71. The van der Waals surface area contributed by atoms with Crippen LogP contribution < -0.4 is 5.73 Å². The zero-order valence-electron chi connectivity index (χ0n) is 10.3. The van der Waals surface area contributed by atoms with Crippen LogP contribution in [0, 0.1) is 6.92 Å². The molecule has 96 valence electrons. The van der Waals surface area contributed by atoms with Gasteiger partial charge in [0.2, 0.25) is 5.95 Å². The monoisotopic (exact) mass is 264 g/mol. The molecule has 0 unspecified atom stereocenters. The number of fused-ring (bicyclic) bond motifs is 1. The van der Waals surface area contributed by atoms with E-state index in [-0.39, 0.29) is 6.04 Å². The Bertz CT molecular complexity index is 612. The average Bonchev–Trinajstić information content (AvgIpc) is 2.66. The highest BCUT2D eigenvalue weighted by atomic mass is 32.2. The van der Waals surface area contributed by atoms with Gasteiger partial charge in [-0.2, -0.15) is 0 Å². The fraction of sp³-hybridized carbons (Fsp3) is 0.500. The summed E-state index contributed by atoms with van der Waals surface area (Å²) in [6.45, 7) is 1.96. The number of aryl methyl sites for hydroxylation is 1. The van der Waals surface area contributed by atoms with E-state index in [1.165, 1.54) is 0 Å². The quantitative estimate of drug-likeness (QED) is 0.845. The van der Waals surface area contributed by atoms with Gasteiger partial charge in [-0.15, -0.1) is 0 Å². The average molecular weight is 264 g/mol. The van der Waals surface area contributed by atoms with Gasteiger partial charge in [-0.05, 0) is 31.9 Å². The van der Waals surface area contributed by atoms with E-state index in [4.69, 9.17) is 5.73 Å². The molecule has 0 bridgehead atoms. The van der Waals surface area contributed by atoms with Crippen molar-refractivity contribution in [2.75, 3.05) is 17.2 Å². The maximum atomic E-state index is 11.4.